The van der Waals surface area contributed by atoms with E-state index in [4.69, 9.17) is 11.6 Å². The van der Waals surface area contributed by atoms with E-state index in [9.17, 15) is 14.9 Å². The lowest BCUT2D eigenvalue weighted by Crippen LogP contribution is -2.38. The molecule has 2 amide bonds. The van der Waals surface area contributed by atoms with Crippen molar-refractivity contribution in [3.8, 4) is 6.07 Å². The Morgan fingerprint density at radius 2 is 1.97 bits per heavy atom. The quantitative estimate of drug-likeness (QED) is 0.515. The maximum Gasteiger partial charge on any atom is 0.270 e. The summed E-state index contributed by atoms with van der Waals surface area (Å²) in [6.07, 6.45) is 4.23. The Balaban J connectivity index is 1.47. The first-order chi connectivity index (χ1) is 16.4. The summed E-state index contributed by atoms with van der Waals surface area (Å²) in [5.41, 5.74) is 5.59. The van der Waals surface area contributed by atoms with Crippen LogP contribution in [0.25, 0.3) is 0 Å². The van der Waals surface area contributed by atoms with Crippen LogP contribution in [0.1, 0.15) is 61.6 Å². The van der Waals surface area contributed by atoms with Crippen LogP contribution in [0.4, 0.5) is 0 Å². The summed E-state index contributed by atoms with van der Waals surface area (Å²) in [5.74, 6) is -0.382. The number of carbonyl (C=O) groups excluding carboxylic acids is 2. The predicted molar refractivity (Wildman–Crippen MR) is 132 cm³/mol. The average Bonchev–Trinajstić information content (AvgIpc) is 3.27. The minimum atomic E-state index is -0.276. The van der Waals surface area contributed by atoms with Gasteiger partial charge in [0, 0.05) is 35.9 Å². The number of rotatable bonds is 7. The molecule has 1 aliphatic carbocycles. The molecule has 7 heteroatoms. The predicted octanol–water partition coefficient (Wildman–Crippen LogP) is 4.80. The molecule has 0 bridgehead atoms. The van der Waals surface area contributed by atoms with Gasteiger partial charge >= 0.3 is 0 Å². The summed E-state index contributed by atoms with van der Waals surface area (Å²) in [6.45, 7) is 2.82. The van der Waals surface area contributed by atoms with Crippen molar-refractivity contribution < 1.29 is 9.59 Å². The van der Waals surface area contributed by atoms with Crippen molar-refractivity contribution in [2.24, 2.45) is 0 Å². The number of nitrogens with zero attached hydrogens (tertiary/aromatic N) is 2. The number of amides is 2. The van der Waals surface area contributed by atoms with Crippen molar-refractivity contribution >= 4 is 23.4 Å². The maximum atomic E-state index is 13.4. The normalized spacial score (nSPS) is 12.5. The van der Waals surface area contributed by atoms with Crippen molar-refractivity contribution in [1.29, 1.82) is 5.26 Å². The second-order valence-electron chi connectivity index (χ2n) is 8.65. The van der Waals surface area contributed by atoms with Crippen LogP contribution in [0.5, 0.6) is 0 Å². The van der Waals surface area contributed by atoms with Gasteiger partial charge in [-0.15, -0.1) is 0 Å². The van der Waals surface area contributed by atoms with Crippen molar-refractivity contribution in [3.63, 3.8) is 0 Å². The molecular weight excluding hydrogens is 448 g/mol. The number of benzene rings is 2. The topological polar surface area (TPSA) is 89.0 Å². The molecule has 1 aliphatic rings. The zero-order valence-electron chi connectivity index (χ0n) is 19.2. The second-order valence-corrected chi connectivity index (χ2v) is 9.08. The van der Waals surface area contributed by atoms with Gasteiger partial charge in [-0.2, -0.15) is 5.26 Å². The van der Waals surface area contributed by atoms with Gasteiger partial charge in [0.2, 0.25) is 0 Å². The van der Waals surface area contributed by atoms with Gasteiger partial charge in [0.15, 0.2) is 0 Å². The Morgan fingerprint density at radius 3 is 2.74 bits per heavy atom. The summed E-state index contributed by atoms with van der Waals surface area (Å²) in [4.78, 5) is 31.1. The first kappa shape index (κ1) is 23.6. The SMILES string of the molecule is Cc1ccc(C(=O)NCCN(Cc2cccc(Cl)c2)C(=O)c2cc3c([nH]2)CCCC3)cc1C#N. The number of nitrogens with one attached hydrogen (secondary N) is 2. The lowest BCUT2D eigenvalue weighted by molar-refractivity contribution is 0.0731. The molecule has 0 aliphatic heterocycles. The zero-order valence-corrected chi connectivity index (χ0v) is 19.9. The smallest absolute Gasteiger partial charge is 0.270 e. The summed E-state index contributed by atoms with van der Waals surface area (Å²) in [7, 11) is 0. The fourth-order valence-electron chi connectivity index (χ4n) is 4.29. The molecule has 174 valence electrons. The van der Waals surface area contributed by atoms with Gasteiger partial charge in [-0.1, -0.05) is 29.8 Å². The number of hydrogen-bond acceptors (Lipinski definition) is 3. The van der Waals surface area contributed by atoms with Crippen molar-refractivity contribution in [2.75, 3.05) is 13.1 Å². The second kappa shape index (κ2) is 10.6. The van der Waals surface area contributed by atoms with E-state index in [1.54, 1.807) is 29.2 Å². The van der Waals surface area contributed by atoms with Crippen LogP contribution in [0.3, 0.4) is 0 Å². The van der Waals surface area contributed by atoms with Crippen molar-refractivity contribution in [3.05, 3.63) is 92.8 Å². The first-order valence-electron chi connectivity index (χ1n) is 11.5. The van der Waals surface area contributed by atoms with Crippen LogP contribution in [-0.2, 0) is 19.4 Å². The van der Waals surface area contributed by atoms with Gasteiger partial charge < -0.3 is 15.2 Å². The lowest BCUT2D eigenvalue weighted by Gasteiger charge is -2.23. The van der Waals surface area contributed by atoms with Crippen LogP contribution in [0.15, 0.2) is 48.5 Å². The van der Waals surface area contributed by atoms with E-state index in [-0.39, 0.29) is 18.4 Å². The Hall–Kier alpha value is -3.56. The molecule has 0 atom stereocenters. The highest BCUT2D eigenvalue weighted by Gasteiger charge is 2.22. The molecule has 0 saturated carbocycles. The van der Waals surface area contributed by atoms with Crippen LogP contribution in [0.2, 0.25) is 5.02 Å². The number of aromatic amines is 1. The third kappa shape index (κ3) is 5.49. The molecule has 0 radical (unpaired) electrons. The molecule has 4 rings (SSSR count). The number of nitriles is 1. The molecule has 34 heavy (non-hydrogen) atoms. The molecule has 3 aromatic rings. The summed E-state index contributed by atoms with van der Waals surface area (Å²) in [6, 6.07) is 16.5. The van der Waals surface area contributed by atoms with E-state index < -0.39 is 0 Å². The van der Waals surface area contributed by atoms with Crippen molar-refractivity contribution in [2.45, 2.75) is 39.2 Å². The Labute approximate surface area is 204 Å². The highest BCUT2D eigenvalue weighted by Crippen LogP contribution is 2.23. The molecule has 0 unspecified atom stereocenters. The standard InChI is InChI=1S/C27H27ClN4O2/c1-18-9-10-21(14-22(18)16-29)26(33)30-11-12-32(17-19-5-4-7-23(28)13-19)27(34)25-15-20-6-2-3-8-24(20)31-25/h4-5,7,9-10,13-15,31H,2-3,6,8,11-12,17H2,1H3,(H,30,33). The molecule has 2 aromatic carbocycles. The molecule has 1 heterocycles. The molecule has 0 spiro atoms. The highest BCUT2D eigenvalue weighted by atomic mass is 35.5. The third-order valence-electron chi connectivity index (χ3n) is 6.18. The van der Waals surface area contributed by atoms with Gasteiger partial charge in [-0.3, -0.25) is 9.59 Å². The number of carbonyl (C=O) groups is 2. The highest BCUT2D eigenvalue weighted by molar-refractivity contribution is 6.30. The average molecular weight is 475 g/mol. The number of fused-ring (bicyclic) bond motifs is 1. The largest absolute Gasteiger partial charge is 0.354 e. The number of hydrogen-bond donors (Lipinski definition) is 2. The first-order valence-corrected chi connectivity index (χ1v) is 11.9. The Bertz CT molecular complexity index is 1230. The summed E-state index contributed by atoms with van der Waals surface area (Å²) >= 11 is 6.15. The fraction of sp³-hybridized carbons (Fsp3) is 0.296. The van der Waals surface area contributed by atoms with E-state index in [0.717, 1.165) is 42.5 Å². The van der Waals surface area contributed by atoms with E-state index in [1.807, 2.05) is 31.2 Å². The van der Waals surface area contributed by atoms with Gasteiger partial charge in [0.05, 0.1) is 11.6 Å². The molecule has 2 N–H and O–H groups in total. The van der Waals surface area contributed by atoms with Gasteiger partial charge in [-0.05, 0) is 79.6 Å². The zero-order chi connectivity index (χ0) is 24.1. The Morgan fingerprint density at radius 1 is 1.15 bits per heavy atom. The van der Waals surface area contributed by atoms with Crippen molar-refractivity contribution in [1.82, 2.24) is 15.2 Å². The number of H-pyrrole nitrogens is 1. The lowest BCUT2D eigenvalue weighted by atomic mass is 9.98. The van der Waals surface area contributed by atoms with Crippen LogP contribution in [0, 0.1) is 18.3 Å². The Kier molecular flexibility index (Phi) is 7.34. The monoisotopic (exact) mass is 474 g/mol. The summed E-state index contributed by atoms with van der Waals surface area (Å²) in [5, 5.41) is 12.7. The summed E-state index contributed by atoms with van der Waals surface area (Å²) < 4.78 is 0. The van der Waals surface area contributed by atoms with E-state index in [0.29, 0.717) is 34.9 Å². The molecule has 1 aromatic heterocycles. The van der Waals surface area contributed by atoms with Gasteiger partial charge in [-0.25, -0.2) is 0 Å². The minimum absolute atomic E-state index is 0.106. The van der Waals surface area contributed by atoms with Gasteiger partial charge in [0.1, 0.15) is 5.69 Å². The van der Waals surface area contributed by atoms with E-state index in [2.05, 4.69) is 16.4 Å². The maximum absolute atomic E-state index is 13.4. The molecule has 0 saturated heterocycles. The van der Waals surface area contributed by atoms with Crippen LogP contribution >= 0.6 is 11.6 Å². The minimum Gasteiger partial charge on any atom is -0.354 e. The third-order valence-corrected chi connectivity index (χ3v) is 6.42. The molecule has 0 fully saturated rings. The molecular formula is C27H27ClN4O2. The fourth-order valence-corrected chi connectivity index (χ4v) is 4.50. The van der Waals surface area contributed by atoms with Gasteiger partial charge in [0.25, 0.3) is 11.8 Å². The number of aromatic nitrogens is 1. The van der Waals surface area contributed by atoms with Crippen LogP contribution in [-0.4, -0.2) is 34.8 Å². The van der Waals surface area contributed by atoms with E-state index >= 15 is 0 Å². The number of halogens is 1. The van der Waals surface area contributed by atoms with Crippen LogP contribution < -0.4 is 5.32 Å². The number of aryl methyl sites for hydroxylation is 3. The van der Waals surface area contributed by atoms with E-state index in [1.165, 1.54) is 5.56 Å². The molecule has 6 nitrogen and oxygen atoms in total.